The zero-order chi connectivity index (χ0) is 7.84. The quantitative estimate of drug-likeness (QED) is 0.601. The number of hydrogen-bond acceptors (Lipinski definition) is 2. The third-order valence-electron chi connectivity index (χ3n) is 3.31. The number of hydrogen-bond donors (Lipinski definition) is 1. The number of nitrogens with zero attached hydrogens (tertiary/aromatic N) is 1. The summed E-state index contributed by atoms with van der Waals surface area (Å²) in [5.41, 5.74) is 5.76. The molecule has 0 aromatic rings. The van der Waals surface area contributed by atoms with Gasteiger partial charge in [0.2, 0.25) is 0 Å². The first kappa shape index (κ1) is 7.56. The normalized spacial score (nSPS) is 45.8. The minimum Gasteiger partial charge on any atom is -0.328 e. The molecule has 1 unspecified atom stereocenters. The van der Waals surface area contributed by atoms with Gasteiger partial charge in [0.05, 0.1) is 0 Å². The van der Waals surface area contributed by atoms with Crippen LogP contribution in [0.1, 0.15) is 19.3 Å². The molecule has 2 nitrogen and oxygen atoms in total. The highest BCUT2D eigenvalue weighted by molar-refractivity contribution is 4.90. The van der Waals surface area contributed by atoms with E-state index in [2.05, 4.69) is 11.9 Å². The Morgan fingerprint density at radius 1 is 1.27 bits per heavy atom. The molecule has 1 atom stereocenters. The van der Waals surface area contributed by atoms with Gasteiger partial charge < -0.3 is 10.6 Å². The smallest absolute Gasteiger partial charge is 0.00443 e. The van der Waals surface area contributed by atoms with E-state index in [0.29, 0.717) is 6.04 Å². The van der Waals surface area contributed by atoms with Gasteiger partial charge >= 0.3 is 0 Å². The van der Waals surface area contributed by atoms with Gasteiger partial charge in [-0.3, -0.25) is 0 Å². The second-order valence-electron chi connectivity index (χ2n) is 4.30. The summed E-state index contributed by atoms with van der Waals surface area (Å²) in [5, 5.41) is 0. The molecule has 1 aliphatic heterocycles. The van der Waals surface area contributed by atoms with Crippen molar-refractivity contribution in [1.82, 2.24) is 4.90 Å². The summed E-state index contributed by atoms with van der Waals surface area (Å²) in [6.45, 7) is 2.62. The molecule has 2 aliphatic rings. The predicted octanol–water partition coefficient (Wildman–Crippen LogP) is 0.675. The van der Waals surface area contributed by atoms with Gasteiger partial charge in [-0.25, -0.2) is 0 Å². The molecule has 64 valence electrons. The highest BCUT2D eigenvalue weighted by Crippen LogP contribution is 2.36. The molecule has 0 aromatic heterocycles. The molecule has 0 amide bonds. The molecule has 0 spiro atoms. The van der Waals surface area contributed by atoms with Gasteiger partial charge in [0.15, 0.2) is 0 Å². The maximum atomic E-state index is 5.76. The van der Waals surface area contributed by atoms with Gasteiger partial charge in [0, 0.05) is 12.6 Å². The van der Waals surface area contributed by atoms with E-state index in [-0.39, 0.29) is 0 Å². The van der Waals surface area contributed by atoms with Crippen molar-refractivity contribution in [2.75, 3.05) is 20.1 Å². The van der Waals surface area contributed by atoms with Gasteiger partial charge in [0.25, 0.3) is 0 Å². The fourth-order valence-corrected chi connectivity index (χ4v) is 2.45. The first-order chi connectivity index (χ1) is 5.25. The molecule has 0 aromatic carbocycles. The lowest BCUT2D eigenvalue weighted by atomic mass is 9.72. The van der Waals surface area contributed by atoms with Crippen molar-refractivity contribution in [2.24, 2.45) is 17.6 Å². The SMILES string of the molecule is CN1CCC(C2CC(N)C2)C1. The van der Waals surface area contributed by atoms with Crippen LogP contribution in [-0.2, 0) is 0 Å². The van der Waals surface area contributed by atoms with Crippen molar-refractivity contribution < 1.29 is 0 Å². The molecular weight excluding hydrogens is 136 g/mol. The van der Waals surface area contributed by atoms with Crippen molar-refractivity contribution in [3.05, 3.63) is 0 Å². The molecule has 1 heterocycles. The Morgan fingerprint density at radius 2 is 2.00 bits per heavy atom. The van der Waals surface area contributed by atoms with Crippen LogP contribution >= 0.6 is 0 Å². The number of rotatable bonds is 1. The van der Waals surface area contributed by atoms with Gasteiger partial charge in [-0.05, 0) is 44.7 Å². The van der Waals surface area contributed by atoms with Crippen LogP contribution in [0.3, 0.4) is 0 Å². The van der Waals surface area contributed by atoms with Gasteiger partial charge in [-0.15, -0.1) is 0 Å². The van der Waals surface area contributed by atoms with E-state index in [1.165, 1.54) is 32.4 Å². The van der Waals surface area contributed by atoms with Gasteiger partial charge in [-0.1, -0.05) is 0 Å². The zero-order valence-electron chi connectivity index (χ0n) is 7.29. The number of likely N-dealkylation sites (tertiary alicyclic amines) is 1. The standard InChI is InChI=1S/C9H18N2/c1-11-3-2-7(6-11)8-4-9(10)5-8/h7-9H,2-6,10H2,1H3. The lowest BCUT2D eigenvalue weighted by Crippen LogP contribution is -2.40. The third kappa shape index (κ3) is 1.42. The van der Waals surface area contributed by atoms with Gasteiger partial charge in [-0.2, -0.15) is 0 Å². The highest BCUT2D eigenvalue weighted by Gasteiger charge is 2.35. The summed E-state index contributed by atoms with van der Waals surface area (Å²) >= 11 is 0. The van der Waals surface area contributed by atoms with Crippen LogP contribution in [0.15, 0.2) is 0 Å². The van der Waals surface area contributed by atoms with Crippen LogP contribution in [0.4, 0.5) is 0 Å². The average molecular weight is 154 g/mol. The van der Waals surface area contributed by atoms with E-state index in [9.17, 15) is 0 Å². The summed E-state index contributed by atoms with van der Waals surface area (Å²) in [4.78, 5) is 2.44. The molecule has 1 saturated heterocycles. The molecular formula is C9H18N2. The van der Waals surface area contributed by atoms with E-state index >= 15 is 0 Å². The van der Waals surface area contributed by atoms with Gasteiger partial charge in [0.1, 0.15) is 0 Å². The molecule has 11 heavy (non-hydrogen) atoms. The van der Waals surface area contributed by atoms with E-state index < -0.39 is 0 Å². The first-order valence-corrected chi connectivity index (χ1v) is 4.70. The Morgan fingerprint density at radius 3 is 2.45 bits per heavy atom. The van der Waals surface area contributed by atoms with Crippen LogP contribution in [-0.4, -0.2) is 31.1 Å². The maximum absolute atomic E-state index is 5.76. The molecule has 0 bridgehead atoms. The molecule has 2 heteroatoms. The number of nitrogens with two attached hydrogens (primary N) is 1. The second kappa shape index (κ2) is 2.76. The monoisotopic (exact) mass is 154 g/mol. The summed E-state index contributed by atoms with van der Waals surface area (Å²) in [6.07, 6.45) is 3.99. The average Bonchev–Trinajstić information content (AvgIpc) is 2.29. The van der Waals surface area contributed by atoms with Crippen molar-refractivity contribution in [2.45, 2.75) is 25.3 Å². The van der Waals surface area contributed by atoms with Crippen molar-refractivity contribution >= 4 is 0 Å². The van der Waals surface area contributed by atoms with Crippen LogP contribution in [0.2, 0.25) is 0 Å². The summed E-state index contributed by atoms with van der Waals surface area (Å²) < 4.78 is 0. The fourth-order valence-electron chi connectivity index (χ4n) is 2.45. The van der Waals surface area contributed by atoms with Crippen molar-refractivity contribution in [3.8, 4) is 0 Å². The van der Waals surface area contributed by atoms with E-state index in [1.807, 2.05) is 0 Å². The Bertz CT molecular complexity index is 140. The first-order valence-electron chi connectivity index (χ1n) is 4.70. The Kier molecular flexibility index (Phi) is 1.90. The minimum atomic E-state index is 0.533. The van der Waals surface area contributed by atoms with Crippen LogP contribution < -0.4 is 5.73 Å². The van der Waals surface area contributed by atoms with E-state index in [0.717, 1.165) is 11.8 Å². The summed E-state index contributed by atoms with van der Waals surface area (Å²) in [5.74, 6) is 1.94. The molecule has 1 aliphatic carbocycles. The molecule has 0 radical (unpaired) electrons. The Labute approximate surface area is 68.7 Å². The van der Waals surface area contributed by atoms with Crippen molar-refractivity contribution in [1.29, 1.82) is 0 Å². The topological polar surface area (TPSA) is 29.3 Å². The van der Waals surface area contributed by atoms with E-state index in [1.54, 1.807) is 0 Å². The Hall–Kier alpha value is -0.0800. The highest BCUT2D eigenvalue weighted by atomic mass is 15.1. The second-order valence-corrected chi connectivity index (χ2v) is 4.30. The van der Waals surface area contributed by atoms with Crippen LogP contribution in [0.5, 0.6) is 0 Å². The third-order valence-corrected chi connectivity index (χ3v) is 3.31. The van der Waals surface area contributed by atoms with Crippen LogP contribution in [0.25, 0.3) is 0 Å². The minimum absolute atomic E-state index is 0.533. The van der Waals surface area contributed by atoms with Crippen molar-refractivity contribution in [3.63, 3.8) is 0 Å². The largest absolute Gasteiger partial charge is 0.328 e. The molecule has 2 fully saturated rings. The van der Waals surface area contributed by atoms with Crippen LogP contribution in [0, 0.1) is 11.8 Å². The molecule has 1 saturated carbocycles. The molecule has 2 rings (SSSR count). The summed E-state index contributed by atoms with van der Waals surface area (Å²) in [7, 11) is 2.22. The maximum Gasteiger partial charge on any atom is 0.00443 e. The molecule has 2 N–H and O–H groups in total. The fraction of sp³-hybridized carbons (Fsp3) is 1.00. The Balaban J connectivity index is 1.79. The lowest BCUT2D eigenvalue weighted by molar-refractivity contribution is 0.178. The van der Waals surface area contributed by atoms with E-state index in [4.69, 9.17) is 5.73 Å². The lowest BCUT2D eigenvalue weighted by Gasteiger charge is -2.36. The zero-order valence-corrected chi connectivity index (χ0v) is 7.29. The summed E-state index contributed by atoms with van der Waals surface area (Å²) in [6, 6.07) is 0.533. The predicted molar refractivity (Wildman–Crippen MR) is 46.3 cm³/mol.